The van der Waals surface area contributed by atoms with Gasteiger partial charge in [0.1, 0.15) is 0 Å². The van der Waals surface area contributed by atoms with E-state index in [4.69, 9.17) is 4.52 Å². The van der Waals surface area contributed by atoms with Gasteiger partial charge in [0, 0.05) is 12.8 Å². The van der Waals surface area contributed by atoms with E-state index in [1.165, 1.54) is 12.8 Å². The maximum absolute atomic E-state index is 5.08. The molecule has 2 heterocycles. The second-order valence-corrected chi connectivity index (χ2v) is 3.86. The summed E-state index contributed by atoms with van der Waals surface area (Å²) in [6.45, 7) is 4.29. The van der Waals surface area contributed by atoms with E-state index in [9.17, 15) is 0 Å². The number of hydrogen-bond donors (Lipinski definition) is 1. The molecular weight excluding hydrogens is 178 g/mol. The van der Waals surface area contributed by atoms with Gasteiger partial charge in [-0.25, -0.2) is 0 Å². The van der Waals surface area contributed by atoms with Crippen LogP contribution in [0.2, 0.25) is 0 Å². The van der Waals surface area contributed by atoms with E-state index < -0.39 is 0 Å². The van der Waals surface area contributed by atoms with Crippen LogP contribution in [-0.2, 0) is 12.8 Å². The molecule has 4 nitrogen and oxygen atoms in total. The first-order chi connectivity index (χ1) is 6.88. The van der Waals surface area contributed by atoms with E-state index >= 15 is 0 Å². The Balaban J connectivity index is 1.89. The van der Waals surface area contributed by atoms with Gasteiger partial charge >= 0.3 is 0 Å². The normalized spacial score (nSPS) is 18.6. The van der Waals surface area contributed by atoms with Crippen LogP contribution >= 0.6 is 0 Å². The summed E-state index contributed by atoms with van der Waals surface area (Å²) in [6, 6.07) is 0. The molecule has 0 spiro atoms. The first kappa shape index (κ1) is 9.65. The molecule has 0 aromatic carbocycles. The lowest BCUT2D eigenvalue weighted by atomic mass is 9.94. The lowest BCUT2D eigenvalue weighted by molar-refractivity contribution is 0.348. The smallest absolute Gasteiger partial charge is 0.226 e. The Labute approximate surface area is 84.1 Å². The van der Waals surface area contributed by atoms with Gasteiger partial charge in [0.25, 0.3) is 0 Å². The van der Waals surface area contributed by atoms with Crippen molar-refractivity contribution in [3.05, 3.63) is 11.7 Å². The van der Waals surface area contributed by atoms with Gasteiger partial charge in [0.2, 0.25) is 5.89 Å². The minimum absolute atomic E-state index is 0.735. The van der Waals surface area contributed by atoms with Crippen LogP contribution in [0.5, 0.6) is 0 Å². The lowest BCUT2D eigenvalue weighted by Gasteiger charge is -2.20. The summed E-state index contributed by atoms with van der Waals surface area (Å²) in [7, 11) is 0. The van der Waals surface area contributed by atoms with Gasteiger partial charge in [-0.2, -0.15) is 4.98 Å². The Morgan fingerprint density at radius 1 is 1.43 bits per heavy atom. The quantitative estimate of drug-likeness (QED) is 0.786. The maximum Gasteiger partial charge on any atom is 0.226 e. The molecule has 14 heavy (non-hydrogen) atoms. The third-order valence-corrected chi connectivity index (χ3v) is 2.74. The third-order valence-electron chi connectivity index (χ3n) is 2.74. The first-order valence-electron chi connectivity index (χ1n) is 5.40. The number of hydrogen-bond acceptors (Lipinski definition) is 4. The van der Waals surface area contributed by atoms with Crippen LogP contribution in [0.1, 0.15) is 31.5 Å². The van der Waals surface area contributed by atoms with E-state index in [1.807, 2.05) is 6.92 Å². The molecule has 0 atom stereocenters. The zero-order chi connectivity index (χ0) is 9.80. The molecule has 0 saturated carbocycles. The van der Waals surface area contributed by atoms with Gasteiger partial charge in [-0.05, 0) is 31.8 Å². The van der Waals surface area contributed by atoms with E-state index in [0.717, 1.165) is 43.6 Å². The second-order valence-electron chi connectivity index (χ2n) is 3.86. The lowest BCUT2D eigenvalue weighted by Crippen LogP contribution is -2.28. The SMILES string of the molecule is CCc1nc(CC2CCNCC2)no1. The fraction of sp³-hybridized carbons (Fsp3) is 0.800. The molecule has 1 fully saturated rings. The number of aromatic nitrogens is 2. The Morgan fingerprint density at radius 3 is 2.86 bits per heavy atom. The number of piperidine rings is 1. The van der Waals surface area contributed by atoms with Crippen molar-refractivity contribution in [2.45, 2.75) is 32.6 Å². The van der Waals surface area contributed by atoms with Gasteiger partial charge in [-0.15, -0.1) is 0 Å². The molecule has 1 saturated heterocycles. The van der Waals surface area contributed by atoms with Gasteiger partial charge in [-0.1, -0.05) is 12.1 Å². The molecule has 1 N–H and O–H groups in total. The van der Waals surface area contributed by atoms with Gasteiger partial charge in [0.15, 0.2) is 5.82 Å². The van der Waals surface area contributed by atoms with Gasteiger partial charge in [0.05, 0.1) is 0 Å². The molecule has 4 heteroatoms. The van der Waals surface area contributed by atoms with E-state index in [-0.39, 0.29) is 0 Å². The molecule has 0 unspecified atom stereocenters. The van der Waals surface area contributed by atoms with Crippen molar-refractivity contribution < 1.29 is 4.52 Å². The summed E-state index contributed by atoms with van der Waals surface area (Å²) in [5.74, 6) is 2.38. The molecule has 78 valence electrons. The molecular formula is C10H17N3O. The predicted octanol–water partition coefficient (Wildman–Crippen LogP) is 1.17. The summed E-state index contributed by atoms with van der Waals surface area (Å²) in [5, 5.41) is 7.33. The number of nitrogens with zero attached hydrogens (tertiary/aromatic N) is 2. The third kappa shape index (κ3) is 2.32. The molecule has 0 bridgehead atoms. The predicted molar refractivity (Wildman–Crippen MR) is 53.0 cm³/mol. The van der Waals surface area contributed by atoms with E-state index in [0.29, 0.717) is 0 Å². The number of nitrogens with one attached hydrogen (secondary N) is 1. The minimum Gasteiger partial charge on any atom is -0.339 e. The van der Waals surface area contributed by atoms with Gasteiger partial charge < -0.3 is 9.84 Å². The van der Waals surface area contributed by atoms with Crippen molar-refractivity contribution in [3.8, 4) is 0 Å². The Hall–Kier alpha value is -0.900. The van der Waals surface area contributed by atoms with Crippen LogP contribution in [0.4, 0.5) is 0 Å². The monoisotopic (exact) mass is 195 g/mol. The summed E-state index contributed by atoms with van der Waals surface area (Å²) >= 11 is 0. The van der Waals surface area contributed by atoms with Crippen LogP contribution in [0.25, 0.3) is 0 Å². The highest BCUT2D eigenvalue weighted by molar-refractivity contribution is 4.89. The molecule has 0 amide bonds. The molecule has 2 rings (SSSR count). The molecule has 1 aromatic rings. The summed E-state index contributed by atoms with van der Waals surface area (Å²) in [6.07, 6.45) is 4.27. The summed E-state index contributed by atoms with van der Waals surface area (Å²) in [4.78, 5) is 4.32. The second kappa shape index (κ2) is 4.55. The molecule has 1 aromatic heterocycles. The van der Waals surface area contributed by atoms with E-state index in [2.05, 4.69) is 15.5 Å². The highest BCUT2D eigenvalue weighted by atomic mass is 16.5. The average molecular weight is 195 g/mol. The maximum atomic E-state index is 5.08. The van der Waals surface area contributed by atoms with Crippen molar-refractivity contribution in [1.82, 2.24) is 15.5 Å². The minimum atomic E-state index is 0.735. The highest BCUT2D eigenvalue weighted by Gasteiger charge is 2.16. The summed E-state index contributed by atoms with van der Waals surface area (Å²) < 4.78 is 5.08. The fourth-order valence-corrected chi connectivity index (χ4v) is 1.86. The Kier molecular flexibility index (Phi) is 3.14. The zero-order valence-electron chi connectivity index (χ0n) is 8.62. The average Bonchev–Trinajstić information content (AvgIpc) is 2.67. The zero-order valence-corrected chi connectivity index (χ0v) is 8.62. The van der Waals surface area contributed by atoms with Crippen LogP contribution in [-0.4, -0.2) is 23.2 Å². The van der Waals surface area contributed by atoms with Crippen LogP contribution in [0.15, 0.2) is 4.52 Å². The van der Waals surface area contributed by atoms with Crippen molar-refractivity contribution in [1.29, 1.82) is 0 Å². The molecule has 0 radical (unpaired) electrons. The molecule has 1 aliphatic heterocycles. The van der Waals surface area contributed by atoms with Crippen LogP contribution < -0.4 is 5.32 Å². The number of aryl methyl sites for hydroxylation is 1. The number of rotatable bonds is 3. The summed E-state index contributed by atoms with van der Waals surface area (Å²) in [5.41, 5.74) is 0. The van der Waals surface area contributed by atoms with Crippen LogP contribution in [0, 0.1) is 5.92 Å². The van der Waals surface area contributed by atoms with Crippen molar-refractivity contribution in [3.63, 3.8) is 0 Å². The Morgan fingerprint density at radius 2 is 2.21 bits per heavy atom. The van der Waals surface area contributed by atoms with Crippen LogP contribution in [0.3, 0.4) is 0 Å². The van der Waals surface area contributed by atoms with Crippen molar-refractivity contribution >= 4 is 0 Å². The largest absolute Gasteiger partial charge is 0.339 e. The molecule has 0 aliphatic carbocycles. The highest BCUT2D eigenvalue weighted by Crippen LogP contribution is 2.16. The fourth-order valence-electron chi connectivity index (χ4n) is 1.86. The topological polar surface area (TPSA) is 51.0 Å². The van der Waals surface area contributed by atoms with Crippen molar-refractivity contribution in [2.24, 2.45) is 5.92 Å². The van der Waals surface area contributed by atoms with Gasteiger partial charge in [-0.3, -0.25) is 0 Å². The Bertz CT molecular complexity index is 279. The van der Waals surface area contributed by atoms with Crippen molar-refractivity contribution in [2.75, 3.05) is 13.1 Å². The standard InChI is InChI=1S/C10H17N3O/c1-2-10-12-9(13-14-10)7-8-3-5-11-6-4-8/h8,11H,2-7H2,1H3. The van der Waals surface area contributed by atoms with E-state index in [1.54, 1.807) is 0 Å². The molecule has 1 aliphatic rings. The first-order valence-corrected chi connectivity index (χ1v) is 5.40.